The number of rotatable bonds is 5. The molecule has 0 unspecified atom stereocenters. The van der Waals surface area contributed by atoms with Crippen molar-refractivity contribution in [1.29, 1.82) is 0 Å². The van der Waals surface area contributed by atoms with Gasteiger partial charge in [-0.3, -0.25) is 19.2 Å². The summed E-state index contributed by atoms with van der Waals surface area (Å²) in [5, 5.41) is 0. The largest absolute Gasteiger partial charge is 0.463 e. The molecule has 24 heavy (non-hydrogen) atoms. The summed E-state index contributed by atoms with van der Waals surface area (Å²) in [6.45, 7) is 4.32. The van der Waals surface area contributed by atoms with Crippen molar-refractivity contribution in [2.75, 3.05) is 6.61 Å². The molecule has 1 fully saturated rings. The van der Waals surface area contributed by atoms with E-state index < -0.39 is 54.5 Å². The van der Waals surface area contributed by atoms with E-state index in [0.717, 1.165) is 20.8 Å². The Morgan fingerprint density at radius 1 is 0.833 bits per heavy atom. The lowest BCUT2D eigenvalue weighted by molar-refractivity contribution is -0.267. The molecule has 0 saturated carbocycles. The van der Waals surface area contributed by atoms with Crippen LogP contribution in [0.25, 0.3) is 0 Å². The molecule has 1 aliphatic rings. The molecule has 0 aromatic rings. The highest BCUT2D eigenvalue weighted by Crippen LogP contribution is 2.26. The van der Waals surface area contributed by atoms with Crippen molar-refractivity contribution >= 4 is 23.9 Å². The maximum atomic E-state index is 11.3. The van der Waals surface area contributed by atoms with Crippen LogP contribution in [0, 0.1) is 0 Å². The zero-order valence-corrected chi connectivity index (χ0v) is 13.8. The number of esters is 4. The molecule has 2 N–H and O–H groups in total. The predicted molar refractivity (Wildman–Crippen MR) is 76.1 cm³/mol. The van der Waals surface area contributed by atoms with Gasteiger partial charge in [0.1, 0.15) is 18.8 Å². The Balaban J connectivity index is 3.08. The van der Waals surface area contributed by atoms with Crippen molar-refractivity contribution in [1.82, 2.24) is 0 Å². The van der Waals surface area contributed by atoms with Crippen molar-refractivity contribution in [2.24, 2.45) is 5.73 Å². The molecule has 5 atom stereocenters. The number of carbonyl (C=O) groups is 4. The number of hydrogen-bond acceptors (Lipinski definition) is 10. The minimum atomic E-state index is -1.26. The normalized spacial score (nSPS) is 29.3. The van der Waals surface area contributed by atoms with Crippen molar-refractivity contribution < 1.29 is 42.9 Å². The summed E-state index contributed by atoms with van der Waals surface area (Å²) in [6.07, 6.45) is -4.58. The minimum Gasteiger partial charge on any atom is -0.463 e. The second kappa shape index (κ2) is 8.60. The van der Waals surface area contributed by atoms with Gasteiger partial charge in [0.25, 0.3) is 0 Å². The summed E-state index contributed by atoms with van der Waals surface area (Å²) in [7, 11) is 0. The molecular weight excluding hydrogens is 326 g/mol. The topological polar surface area (TPSA) is 140 Å². The van der Waals surface area contributed by atoms with Gasteiger partial charge in [0.2, 0.25) is 6.29 Å². The third kappa shape index (κ3) is 5.78. The summed E-state index contributed by atoms with van der Waals surface area (Å²) >= 11 is 0. The lowest BCUT2D eigenvalue weighted by Crippen LogP contribution is -2.65. The maximum absolute atomic E-state index is 11.3. The van der Waals surface area contributed by atoms with Crippen LogP contribution in [-0.4, -0.2) is 61.1 Å². The van der Waals surface area contributed by atoms with Gasteiger partial charge in [-0.25, -0.2) is 0 Å². The molecule has 0 aliphatic carbocycles. The molecule has 1 aliphatic heterocycles. The van der Waals surface area contributed by atoms with Crippen LogP contribution < -0.4 is 5.73 Å². The molecule has 10 nitrogen and oxygen atoms in total. The Labute approximate surface area is 138 Å². The van der Waals surface area contributed by atoms with E-state index in [1.807, 2.05) is 0 Å². The van der Waals surface area contributed by atoms with Crippen LogP contribution in [0.15, 0.2) is 0 Å². The van der Waals surface area contributed by atoms with Crippen molar-refractivity contribution in [3.63, 3.8) is 0 Å². The van der Waals surface area contributed by atoms with Crippen LogP contribution in [-0.2, 0) is 42.9 Å². The fourth-order valence-electron chi connectivity index (χ4n) is 2.20. The first-order chi connectivity index (χ1) is 11.1. The highest BCUT2D eigenvalue weighted by molar-refractivity contribution is 5.68. The Morgan fingerprint density at radius 2 is 1.33 bits per heavy atom. The van der Waals surface area contributed by atoms with Gasteiger partial charge >= 0.3 is 23.9 Å². The monoisotopic (exact) mass is 347 g/mol. The van der Waals surface area contributed by atoms with Crippen LogP contribution in [0.5, 0.6) is 0 Å². The van der Waals surface area contributed by atoms with Gasteiger partial charge < -0.3 is 29.4 Å². The molecule has 1 rings (SSSR count). The number of hydrogen-bond donors (Lipinski definition) is 1. The zero-order valence-electron chi connectivity index (χ0n) is 13.8. The van der Waals surface area contributed by atoms with Crippen LogP contribution in [0.3, 0.4) is 0 Å². The van der Waals surface area contributed by atoms with Crippen LogP contribution in [0.1, 0.15) is 27.7 Å². The van der Waals surface area contributed by atoms with Gasteiger partial charge in [-0.2, -0.15) is 0 Å². The molecule has 1 heterocycles. The van der Waals surface area contributed by atoms with Crippen LogP contribution in [0.4, 0.5) is 0 Å². The molecule has 0 spiro atoms. The molecule has 0 radical (unpaired) electrons. The van der Waals surface area contributed by atoms with Crippen molar-refractivity contribution in [2.45, 2.75) is 58.3 Å². The Kier molecular flexibility index (Phi) is 7.11. The molecule has 0 aromatic heterocycles. The Morgan fingerprint density at radius 3 is 1.79 bits per heavy atom. The number of nitrogens with two attached hydrogens (primary N) is 1. The fraction of sp³-hybridized carbons (Fsp3) is 0.714. The van der Waals surface area contributed by atoms with Crippen LogP contribution >= 0.6 is 0 Å². The number of carbonyl (C=O) groups excluding carboxylic acids is 4. The van der Waals surface area contributed by atoms with E-state index >= 15 is 0 Å². The lowest BCUT2D eigenvalue weighted by Gasteiger charge is -2.42. The van der Waals surface area contributed by atoms with E-state index in [1.54, 1.807) is 0 Å². The van der Waals surface area contributed by atoms with E-state index in [1.165, 1.54) is 6.92 Å². The first-order valence-electron chi connectivity index (χ1n) is 7.18. The van der Waals surface area contributed by atoms with Gasteiger partial charge in [-0.1, -0.05) is 0 Å². The Hall–Kier alpha value is -2.20. The summed E-state index contributed by atoms with van der Waals surface area (Å²) in [5.41, 5.74) is 5.93. The first kappa shape index (κ1) is 19.8. The van der Waals surface area contributed by atoms with Gasteiger partial charge in [-0.15, -0.1) is 0 Å². The van der Waals surface area contributed by atoms with E-state index in [-0.39, 0.29) is 6.61 Å². The molecule has 0 bridgehead atoms. The molecule has 10 heteroatoms. The fourth-order valence-corrected chi connectivity index (χ4v) is 2.20. The summed E-state index contributed by atoms with van der Waals surface area (Å²) in [5.74, 6) is -2.62. The third-order valence-electron chi connectivity index (χ3n) is 3.03. The third-order valence-corrected chi connectivity index (χ3v) is 3.03. The smallest absolute Gasteiger partial charge is 0.304 e. The highest BCUT2D eigenvalue weighted by Gasteiger charge is 2.50. The standard InChI is InChI=1S/C14H21NO9/c1-6(16)20-5-10-12(21-7(2)17)13(22-8(3)18)11(15)14(24-10)23-9(4)19/h10-14H,5,15H2,1-4H3/t10-,11+,12-,13-,14-/m1/s1. The summed E-state index contributed by atoms with van der Waals surface area (Å²) in [4.78, 5) is 44.9. The van der Waals surface area contributed by atoms with E-state index in [2.05, 4.69) is 0 Å². The Bertz CT molecular complexity index is 490. The second-order valence-corrected chi connectivity index (χ2v) is 5.18. The van der Waals surface area contributed by atoms with E-state index in [4.69, 9.17) is 29.4 Å². The van der Waals surface area contributed by atoms with E-state index in [9.17, 15) is 19.2 Å². The molecule has 0 amide bonds. The average Bonchev–Trinajstić information content (AvgIpc) is 2.42. The SMILES string of the molecule is CC(=O)OC[C@H]1O[C@@H](OC(C)=O)[C@@H](N)[C@@H](OC(C)=O)[C@@H]1OC(C)=O. The van der Waals surface area contributed by atoms with Crippen molar-refractivity contribution in [3.05, 3.63) is 0 Å². The number of ether oxygens (including phenoxy) is 5. The second-order valence-electron chi connectivity index (χ2n) is 5.18. The van der Waals surface area contributed by atoms with Gasteiger partial charge in [0, 0.05) is 27.7 Å². The molecular formula is C14H21NO9. The van der Waals surface area contributed by atoms with Crippen LogP contribution in [0.2, 0.25) is 0 Å². The minimum absolute atomic E-state index is 0.310. The van der Waals surface area contributed by atoms with Gasteiger partial charge in [-0.05, 0) is 0 Å². The highest BCUT2D eigenvalue weighted by atomic mass is 16.7. The first-order valence-corrected chi connectivity index (χ1v) is 7.18. The summed E-state index contributed by atoms with van der Waals surface area (Å²) in [6, 6.07) is -1.10. The zero-order chi connectivity index (χ0) is 18.4. The van der Waals surface area contributed by atoms with Gasteiger partial charge in [0.05, 0.1) is 0 Å². The summed E-state index contributed by atoms with van der Waals surface area (Å²) < 4.78 is 25.5. The maximum Gasteiger partial charge on any atom is 0.304 e. The predicted octanol–water partition coefficient (Wildman–Crippen LogP) is -0.972. The molecule has 1 saturated heterocycles. The van der Waals surface area contributed by atoms with Gasteiger partial charge in [0.15, 0.2) is 12.2 Å². The quantitative estimate of drug-likeness (QED) is 0.487. The molecule has 136 valence electrons. The van der Waals surface area contributed by atoms with E-state index in [0.29, 0.717) is 0 Å². The van der Waals surface area contributed by atoms with Crippen molar-refractivity contribution in [3.8, 4) is 0 Å². The average molecular weight is 347 g/mol. The molecule has 0 aromatic carbocycles. The lowest BCUT2D eigenvalue weighted by atomic mass is 9.97.